The summed E-state index contributed by atoms with van der Waals surface area (Å²) >= 11 is 13.1. The topological polar surface area (TPSA) is 42.7 Å². The molecule has 0 radical (unpaired) electrons. The van der Waals surface area contributed by atoms with Crippen molar-refractivity contribution in [1.82, 2.24) is 4.90 Å². The monoisotopic (exact) mass is 447 g/mol. The van der Waals surface area contributed by atoms with Crippen LogP contribution < -0.4 is 0 Å². The van der Waals surface area contributed by atoms with Gasteiger partial charge in [-0.2, -0.15) is 0 Å². The van der Waals surface area contributed by atoms with Gasteiger partial charge in [0.2, 0.25) is 0 Å². The van der Waals surface area contributed by atoms with Crippen LogP contribution in [-0.4, -0.2) is 34.9 Å². The van der Waals surface area contributed by atoms with Crippen LogP contribution in [0.1, 0.15) is 31.4 Å². The molecule has 0 spiro atoms. The van der Waals surface area contributed by atoms with Gasteiger partial charge in [0.15, 0.2) is 0 Å². The molecule has 1 aliphatic carbocycles. The van der Waals surface area contributed by atoms with E-state index in [2.05, 4.69) is 0 Å². The number of amides is 1. The second-order valence-corrected chi connectivity index (χ2v) is 9.45. The number of thioether (sulfide) groups is 1. The first-order valence-corrected chi connectivity index (χ1v) is 11.3. The van der Waals surface area contributed by atoms with Gasteiger partial charge in [-0.3, -0.25) is 9.69 Å². The van der Waals surface area contributed by atoms with Crippen molar-refractivity contribution in [2.24, 2.45) is 5.92 Å². The number of nitrogens with zero attached hydrogens (tertiary/aromatic N) is 1. The van der Waals surface area contributed by atoms with Gasteiger partial charge in [0, 0.05) is 25.3 Å². The highest BCUT2D eigenvalue weighted by Gasteiger charge is 2.35. The predicted octanol–water partition coefficient (Wildman–Crippen LogP) is 6.01. The lowest BCUT2D eigenvalue weighted by atomic mass is 9.87. The van der Waals surface area contributed by atoms with E-state index in [-0.39, 0.29) is 12.0 Å². The first-order valence-electron chi connectivity index (χ1n) is 9.68. The fourth-order valence-electron chi connectivity index (χ4n) is 3.90. The van der Waals surface area contributed by atoms with E-state index in [9.17, 15) is 4.79 Å². The van der Waals surface area contributed by atoms with Crippen molar-refractivity contribution < 1.29 is 13.9 Å². The van der Waals surface area contributed by atoms with E-state index in [1.807, 2.05) is 36.4 Å². The molecule has 2 aliphatic rings. The first kappa shape index (κ1) is 20.7. The Labute approximate surface area is 185 Å². The molecule has 2 heterocycles. The number of halogens is 1. The van der Waals surface area contributed by atoms with Gasteiger partial charge in [-0.05, 0) is 49.4 Å². The van der Waals surface area contributed by atoms with Gasteiger partial charge in [-0.25, -0.2) is 0 Å². The Morgan fingerprint density at radius 2 is 2.14 bits per heavy atom. The number of benzene rings is 1. The molecule has 4 rings (SSSR count). The van der Waals surface area contributed by atoms with Crippen molar-refractivity contribution in [1.29, 1.82) is 0 Å². The van der Waals surface area contributed by atoms with E-state index in [0.29, 0.717) is 38.2 Å². The lowest BCUT2D eigenvalue weighted by molar-refractivity contribution is -0.122. The normalized spacial score (nSPS) is 23.9. The molecule has 2 aromatic rings. The number of carbonyl (C=O) groups is 1. The summed E-state index contributed by atoms with van der Waals surface area (Å²) in [6, 6.07) is 11.2. The average Bonchev–Trinajstić information content (AvgIpc) is 3.29. The van der Waals surface area contributed by atoms with Crippen molar-refractivity contribution in [3.05, 3.63) is 52.1 Å². The molecule has 0 N–H and O–H groups in total. The van der Waals surface area contributed by atoms with Crippen LogP contribution in [0, 0.1) is 5.92 Å². The lowest BCUT2D eigenvalue weighted by Gasteiger charge is -2.30. The standard InChI is InChI=1S/C22H22ClNO3S2/c1-26-15-6-4-5-14(11-15)13-24-21(25)20(29-22(24)28)12-16-9-10-19(27-16)17-7-2-3-8-18(17)23/h2-3,7-10,12,14-15H,4-6,11,13H2,1H3/b20-12-. The molecule has 2 fully saturated rings. The number of thiocarbonyl (C=S) groups is 1. The molecule has 2 unspecified atom stereocenters. The Hall–Kier alpha value is -1.60. The molecular formula is C22H22ClNO3S2. The fourth-order valence-corrected chi connectivity index (χ4v) is 5.39. The van der Waals surface area contributed by atoms with E-state index in [4.69, 9.17) is 33.0 Å². The van der Waals surface area contributed by atoms with E-state index in [0.717, 1.165) is 31.2 Å². The van der Waals surface area contributed by atoms with Crippen molar-refractivity contribution in [3.63, 3.8) is 0 Å². The van der Waals surface area contributed by atoms with Crippen LogP contribution in [0.2, 0.25) is 5.02 Å². The molecular weight excluding hydrogens is 426 g/mol. The number of methoxy groups -OCH3 is 1. The average molecular weight is 448 g/mol. The predicted molar refractivity (Wildman–Crippen MR) is 122 cm³/mol. The molecule has 1 aliphatic heterocycles. The highest BCUT2D eigenvalue weighted by atomic mass is 35.5. The van der Waals surface area contributed by atoms with Crippen molar-refractivity contribution >= 4 is 51.9 Å². The molecule has 7 heteroatoms. The van der Waals surface area contributed by atoms with Crippen LogP contribution in [-0.2, 0) is 9.53 Å². The summed E-state index contributed by atoms with van der Waals surface area (Å²) in [6.07, 6.45) is 6.36. The zero-order chi connectivity index (χ0) is 20.4. The quantitative estimate of drug-likeness (QED) is 0.415. The lowest BCUT2D eigenvalue weighted by Crippen LogP contribution is -2.36. The number of carbonyl (C=O) groups excluding carboxylic acids is 1. The zero-order valence-corrected chi connectivity index (χ0v) is 18.5. The second kappa shape index (κ2) is 9.04. The molecule has 2 atom stereocenters. The van der Waals surface area contributed by atoms with Crippen LogP contribution in [0.25, 0.3) is 17.4 Å². The first-order chi connectivity index (χ1) is 14.0. The zero-order valence-electron chi connectivity index (χ0n) is 16.1. The van der Waals surface area contributed by atoms with Crippen LogP contribution in [0.15, 0.2) is 45.7 Å². The minimum absolute atomic E-state index is 0.0461. The molecule has 1 saturated heterocycles. The molecule has 0 bridgehead atoms. The van der Waals surface area contributed by atoms with E-state index >= 15 is 0 Å². The third-order valence-corrected chi connectivity index (χ3v) is 7.13. The van der Waals surface area contributed by atoms with Crippen LogP contribution >= 0.6 is 35.6 Å². The summed E-state index contributed by atoms with van der Waals surface area (Å²) in [5.74, 6) is 1.66. The van der Waals surface area contributed by atoms with Crippen LogP contribution in [0.5, 0.6) is 0 Å². The highest BCUT2D eigenvalue weighted by molar-refractivity contribution is 8.26. The molecule has 1 aromatic heterocycles. The Morgan fingerprint density at radius 1 is 1.31 bits per heavy atom. The van der Waals surface area contributed by atoms with Crippen LogP contribution in [0.3, 0.4) is 0 Å². The number of rotatable bonds is 5. The Morgan fingerprint density at radius 3 is 2.93 bits per heavy atom. The van der Waals surface area contributed by atoms with Gasteiger partial charge in [-0.1, -0.05) is 54.1 Å². The van der Waals surface area contributed by atoms with Gasteiger partial charge in [0.25, 0.3) is 5.91 Å². The minimum atomic E-state index is -0.0461. The van der Waals surface area contributed by atoms with Crippen molar-refractivity contribution in [2.45, 2.75) is 31.8 Å². The third-order valence-electron chi connectivity index (χ3n) is 5.42. The summed E-state index contributed by atoms with van der Waals surface area (Å²) in [5, 5.41) is 0.626. The van der Waals surface area contributed by atoms with Crippen molar-refractivity contribution in [3.8, 4) is 11.3 Å². The number of ether oxygens (including phenoxy) is 1. The Kier molecular flexibility index (Phi) is 6.44. The van der Waals surface area contributed by atoms with E-state index in [1.54, 1.807) is 18.1 Å². The second-order valence-electron chi connectivity index (χ2n) is 7.36. The van der Waals surface area contributed by atoms with Gasteiger partial charge >= 0.3 is 0 Å². The number of hydrogen-bond acceptors (Lipinski definition) is 5. The Balaban J connectivity index is 1.47. The maximum atomic E-state index is 12.9. The maximum Gasteiger partial charge on any atom is 0.266 e. The molecule has 1 saturated carbocycles. The SMILES string of the molecule is COC1CCCC(CN2C(=O)/C(=C/c3ccc(-c4ccccc4Cl)o3)SC2=S)C1. The smallest absolute Gasteiger partial charge is 0.266 e. The summed E-state index contributed by atoms with van der Waals surface area (Å²) in [7, 11) is 1.76. The minimum Gasteiger partial charge on any atom is -0.457 e. The molecule has 29 heavy (non-hydrogen) atoms. The van der Waals surface area contributed by atoms with Gasteiger partial charge in [-0.15, -0.1) is 0 Å². The third kappa shape index (κ3) is 4.61. The van der Waals surface area contributed by atoms with Crippen molar-refractivity contribution in [2.75, 3.05) is 13.7 Å². The largest absolute Gasteiger partial charge is 0.457 e. The number of hydrogen-bond donors (Lipinski definition) is 0. The molecule has 4 nitrogen and oxygen atoms in total. The highest BCUT2D eigenvalue weighted by Crippen LogP contribution is 2.36. The fraction of sp³-hybridized carbons (Fsp3) is 0.364. The summed E-state index contributed by atoms with van der Waals surface area (Å²) in [5.41, 5.74) is 0.825. The van der Waals surface area contributed by atoms with Crippen LogP contribution in [0.4, 0.5) is 0 Å². The van der Waals surface area contributed by atoms with E-state index < -0.39 is 0 Å². The van der Waals surface area contributed by atoms with E-state index in [1.165, 1.54) is 11.8 Å². The maximum absolute atomic E-state index is 12.9. The summed E-state index contributed by atoms with van der Waals surface area (Å²) < 4.78 is 12.0. The Bertz CT molecular complexity index is 955. The van der Waals surface area contributed by atoms with Gasteiger partial charge in [0.1, 0.15) is 15.8 Å². The van der Waals surface area contributed by atoms with Gasteiger partial charge < -0.3 is 9.15 Å². The van der Waals surface area contributed by atoms with Gasteiger partial charge in [0.05, 0.1) is 16.0 Å². The molecule has 1 amide bonds. The number of furan rings is 1. The summed E-state index contributed by atoms with van der Waals surface area (Å²) in [4.78, 5) is 15.3. The summed E-state index contributed by atoms with van der Waals surface area (Å²) in [6.45, 7) is 0.658. The molecule has 152 valence electrons. The molecule has 1 aromatic carbocycles.